The van der Waals surface area contributed by atoms with E-state index in [2.05, 4.69) is 62.6 Å². The summed E-state index contributed by atoms with van der Waals surface area (Å²) in [6, 6.07) is -0.0960. The largest absolute Gasteiger partial charge is 0.379 e. The summed E-state index contributed by atoms with van der Waals surface area (Å²) in [5.41, 5.74) is 5.64. The average Bonchev–Trinajstić information content (AvgIpc) is 2.79. The Kier molecular flexibility index (Phi) is 10.0. The second-order valence-electron chi connectivity index (χ2n) is 9.61. The highest BCUT2D eigenvalue weighted by atomic mass is 16.3. The van der Waals surface area contributed by atoms with Crippen molar-refractivity contribution in [2.45, 2.75) is 82.5 Å². The van der Waals surface area contributed by atoms with Crippen molar-refractivity contribution in [2.24, 2.45) is 27.6 Å². The first-order valence-corrected chi connectivity index (χ1v) is 12.1. The molecule has 0 amide bonds. The minimum Gasteiger partial charge on any atom is -0.379 e. The van der Waals surface area contributed by atoms with E-state index >= 15 is 0 Å². The first-order chi connectivity index (χ1) is 15.8. The molecule has 0 saturated carbocycles. The quantitative estimate of drug-likeness (QED) is 0.0908. The van der Waals surface area contributed by atoms with Gasteiger partial charge in [-0.15, -0.1) is 0 Å². The molecule has 0 spiro atoms. The molecule has 0 radical (unpaired) electrons. The molecule has 33 heavy (non-hydrogen) atoms. The Hall–Kier alpha value is -1.60. The van der Waals surface area contributed by atoms with Crippen LogP contribution in [0.25, 0.3) is 0 Å². The summed E-state index contributed by atoms with van der Waals surface area (Å²) in [6.07, 6.45) is 6.97. The van der Waals surface area contributed by atoms with E-state index in [1.54, 1.807) is 0 Å². The molecule has 11 nitrogen and oxygen atoms in total. The standard InChI is InChI=1S/C22H42N8O3/c1-13(2)10-26-17(31)4-3-9-24-20(32)14-5-7-15(8-6-14)25-11-16-12-27-19-18(28-16)21(33)30-22(23)29-19/h5,7,12-21,24-26,28,31-33H,3-4,6,8-11H2,1-2H3,(H3,23,29,30)/t14-,15+,16?,17-,18?,19?,20?,21?/m0/s1. The SMILES string of the molecule is CC(C)CN[C@@H](O)CCCNC(O)[C@H]1C=C[C@@H](NCC2C=NC3N=C(N)NC(O)C3N2)CC1. The van der Waals surface area contributed by atoms with Crippen LogP contribution in [0.15, 0.2) is 22.1 Å². The molecule has 3 aliphatic rings. The highest BCUT2D eigenvalue weighted by Crippen LogP contribution is 2.20. The van der Waals surface area contributed by atoms with Crippen molar-refractivity contribution >= 4 is 12.2 Å². The summed E-state index contributed by atoms with van der Waals surface area (Å²) in [5, 5.41) is 46.4. The molecule has 2 heterocycles. The molecule has 1 aliphatic carbocycles. The molecule has 0 aromatic heterocycles. The third-order valence-electron chi connectivity index (χ3n) is 6.23. The van der Waals surface area contributed by atoms with Crippen molar-refractivity contribution in [1.82, 2.24) is 26.6 Å². The fourth-order valence-electron chi connectivity index (χ4n) is 4.29. The molecule has 11 heteroatoms. The Morgan fingerprint density at radius 1 is 1.21 bits per heavy atom. The topological polar surface area (TPSA) is 172 Å². The lowest BCUT2D eigenvalue weighted by Gasteiger charge is -2.37. The molecule has 0 fully saturated rings. The van der Waals surface area contributed by atoms with Crippen LogP contribution in [-0.2, 0) is 0 Å². The van der Waals surface area contributed by atoms with Crippen molar-refractivity contribution in [1.29, 1.82) is 0 Å². The maximum Gasteiger partial charge on any atom is 0.192 e. The van der Waals surface area contributed by atoms with E-state index in [4.69, 9.17) is 5.73 Å². The van der Waals surface area contributed by atoms with E-state index in [0.29, 0.717) is 25.4 Å². The summed E-state index contributed by atoms with van der Waals surface area (Å²) in [7, 11) is 0. The van der Waals surface area contributed by atoms with Crippen LogP contribution < -0.4 is 32.3 Å². The molecule has 188 valence electrons. The smallest absolute Gasteiger partial charge is 0.192 e. The van der Waals surface area contributed by atoms with Crippen molar-refractivity contribution in [3.8, 4) is 0 Å². The number of nitrogens with one attached hydrogen (secondary N) is 5. The van der Waals surface area contributed by atoms with Gasteiger partial charge in [-0.2, -0.15) is 0 Å². The molecule has 0 bridgehead atoms. The van der Waals surface area contributed by atoms with Gasteiger partial charge in [0.1, 0.15) is 18.7 Å². The third kappa shape index (κ3) is 8.29. The van der Waals surface area contributed by atoms with Gasteiger partial charge in [0.2, 0.25) is 0 Å². The van der Waals surface area contributed by atoms with Gasteiger partial charge < -0.3 is 31.7 Å². The van der Waals surface area contributed by atoms with E-state index in [1.165, 1.54) is 0 Å². The van der Waals surface area contributed by atoms with E-state index in [-0.39, 0.29) is 30.0 Å². The number of nitrogens with zero attached hydrogens (tertiary/aromatic N) is 2. The summed E-state index contributed by atoms with van der Waals surface area (Å²) in [5.74, 6) is 0.787. The number of fused-ring (bicyclic) bond motifs is 1. The number of hydrogen-bond donors (Lipinski definition) is 9. The van der Waals surface area contributed by atoms with Crippen LogP contribution in [0, 0.1) is 11.8 Å². The zero-order valence-electron chi connectivity index (χ0n) is 19.7. The first-order valence-electron chi connectivity index (χ1n) is 12.1. The van der Waals surface area contributed by atoms with E-state index in [1.807, 2.05) is 6.21 Å². The van der Waals surface area contributed by atoms with Gasteiger partial charge in [-0.25, -0.2) is 4.99 Å². The van der Waals surface area contributed by atoms with Crippen LogP contribution in [0.3, 0.4) is 0 Å². The Labute approximate surface area is 196 Å². The first kappa shape index (κ1) is 26.0. The predicted molar refractivity (Wildman–Crippen MR) is 130 cm³/mol. The van der Waals surface area contributed by atoms with Gasteiger partial charge in [-0.3, -0.25) is 20.9 Å². The molecule has 5 unspecified atom stereocenters. The molecular formula is C22H42N8O3. The second-order valence-corrected chi connectivity index (χ2v) is 9.61. The van der Waals surface area contributed by atoms with Crippen molar-refractivity contribution in [3.05, 3.63) is 12.2 Å². The van der Waals surface area contributed by atoms with Gasteiger partial charge in [-0.1, -0.05) is 26.0 Å². The van der Waals surface area contributed by atoms with Gasteiger partial charge in [0, 0.05) is 24.7 Å². The lowest BCUT2D eigenvalue weighted by Crippen LogP contribution is -2.65. The van der Waals surface area contributed by atoms with Crippen LogP contribution in [0.1, 0.15) is 39.5 Å². The van der Waals surface area contributed by atoms with Crippen molar-refractivity contribution < 1.29 is 15.3 Å². The third-order valence-corrected chi connectivity index (χ3v) is 6.23. The number of guanidine groups is 1. The lowest BCUT2D eigenvalue weighted by atomic mass is 9.91. The van der Waals surface area contributed by atoms with E-state index < -0.39 is 24.8 Å². The fourth-order valence-corrected chi connectivity index (χ4v) is 4.29. The number of aliphatic hydroxyl groups excluding tert-OH is 3. The zero-order valence-corrected chi connectivity index (χ0v) is 19.7. The number of aliphatic imine (C=N–C) groups is 2. The average molecular weight is 467 g/mol. The normalized spacial score (nSPS) is 33.3. The number of rotatable bonds is 12. The monoisotopic (exact) mass is 466 g/mol. The fraction of sp³-hybridized carbons (Fsp3) is 0.818. The molecule has 10 N–H and O–H groups in total. The van der Waals surface area contributed by atoms with Crippen molar-refractivity contribution in [2.75, 3.05) is 19.6 Å². The van der Waals surface area contributed by atoms with Crippen LogP contribution in [-0.4, -0.2) is 90.1 Å². The van der Waals surface area contributed by atoms with Crippen LogP contribution in [0.4, 0.5) is 0 Å². The van der Waals surface area contributed by atoms with Gasteiger partial charge in [-0.05, 0) is 44.7 Å². The zero-order chi connectivity index (χ0) is 23.8. The molecular weight excluding hydrogens is 424 g/mol. The Balaban J connectivity index is 1.32. The molecule has 0 saturated heterocycles. The molecule has 0 aromatic carbocycles. The van der Waals surface area contributed by atoms with Gasteiger partial charge in [0.25, 0.3) is 0 Å². The molecule has 2 aliphatic heterocycles. The molecule has 8 atom stereocenters. The second kappa shape index (κ2) is 12.7. The Bertz CT molecular complexity index is 689. The maximum atomic E-state index is 10.5. The van der Waals surface area contributed by atoms with Gasteiger partial charge in [0.15, 0.2) is 12.1 Å². The minimum absolute atomic E-state index is 0.0130. The van der Waals surface area contributed by atoms with Crippen molar-refractivity contribution in [3.63, 3.8) is 0 Å². The summed E-state index contributed by atoms with van der Waals surface area (Å²) in [6.45, 7) is 6.35. The van der Waals surface area contributed by atoms with E-state index in [0.717, 1.165) is 25.8 Å². The Morgan fingerprint density at radius 2 is 2.03 bits per heavy atom. The predicted octanol–water partition coefficient (Wildman–Crippen LogP) is -1.86. The highest BCUT2D eigenvalue weighted by molar-refractivity contribution is 5.79. The minimum atomic E-state index is -0.823. The number of hydrogen-bond acceptors (Lipinski definition) is 11. The van der Waals surface area contributed by atoms with Crippen LogP contribution in [0.5, 0.6) is 0 Å². The van der Waals surface area contributed by atoms with Crippen LogP contribution >= 0.6 is 0 Å². The highest BCUT2D eigenvalue weighted by Gasteiger charge is 2.36. The maximum absolute atomic E-state index is 10.5. The summed E-state index contributed by atoms with van der Waals surface area (Å²) < 4.78 is 0. The molecule has 3 rings (SSSR count). The number of aliphatic hydroxyl groups is 3. The molecule has 0 aromatic rings. The van der Waals surface area contributed by atoms with Gasteiger partial charge >= 0.3 is 0 Å². The van der Waals surface area contributed by atoms with E-state index in [9.17, 15) is 15.3 Å². The lowest BCUT2D eigenvalue weighted by molar-refractivity contribution is 0.0812. The number of nitrogens with two attached hydrogens (primary N) is 1. The van der Waals surface area contributed by atoms with Crippen LogP contribution in [0.2, 0.25) is 0 Å². The summed E-state index contributed by atoms with van der Waals surface area (Å²) in [4.78, 5) is 8.62. The Morgan fingerprint density at radius 3 is 2.76 bits per heavy atom. The summed E-state index contributed by atoms with van der Waals surface area (Å²) >= 11 is 0. The van der Waals surface area contributed by atoms with Gasteiger partial charge in [0.05, 0.1) is 12.1 Å².